The van der Waals surface area contributed by atoms with Crippen LogP contribution in [0.15, 0.2) is 6.33 Å². The average Bonchev–Trinajstić information content (AvgIpc) is 3.14. The second-order valence-corrected chi connectivity index (χ2v) is 6.58. The summed E-state index contributed by atoms with van der Waals surface area (Å²) >= 11 is 0. The van der Waals surface area contributed by atoms with Crippen LogP contribution in [-0.2, 0) is 14.3 Å². The zero-order chi connectivity index (χ0) is 20.0. The maximum atomic E-state index is 11.8. The fourth-order valence-electron chi connectivity index (χ4n) is 2.93. The lowest BCUT2D eigenvalue weighted by molar-refractivity contribution is -0.150. The van der Waals surface area contributed by atoms with Gasteiger partial charge in [0.05, 0.1) is 0 Å². The zero-order valence-electron chi connectivity index (χ0n) is 15.3. The quantitative estimate of drug-likeness (QED) is 0.329. The molecule has 1 unspecified atom stereocenters. The molecule has 1 fully saturated rings. The van der Waals surface area contributed by atoms with E-state index in [0.29, 0.717) is 0 Å². The molecule has 10 heteroatoms. The van der Waals surface area contributed by atoms with Crippen LogP contribution in [0.1, 0.15) is 62.2 Å². The normalized spacial score (nSPS) is 24.9. The molecule has 0 radical (unpaired) electrons. The van der Waals surface area contributed by atoms with Crippen molar-refractivity contribution in [2.24, 2.45) is 5.73 Å². The van der Waals surface area contributed by atoms with Crippen molar-refractivity contribution in [3.05, 3.63) is 12.0 Å². The highest BCUT2D eigenvalue weighted by Gasteiger charge is 2.45. The number of ether oxygens (including phenoxy) is 2. The summed E-state index contributed by atoms with van der Waals surface area (Å²) in [6.45, 7) is 1.88. The Morgan fingerprint density at radius 2 is 1.96 bits per heavy atom. The monoisotopic (exact) mass is 385 g/mol. The number of unbranched alkanes of at least 4 members (excludes halogenated alkanes) is 4. The summed E-state index contributed by atoms with van der Waals surface area (Å²) < 4.78 is 11.6. The van der Waals surface area contributed by atoms with Gasteiger partial charge >= 0.3 is 5.97 Å². The van der Waals surface area contributed by atoms with Crippen molar-refractivity contribution in [1.82, 2.24) is 9.55 Å². The predicted molar refractivity (Wildman–Crippen MR) is 92.7 cm³/mol. The molecule has 27 heavy (non-hydrogen) atoms. The second-order valence-electron chi connectivity index (χ2n) is 6.58. The second kappa shape index (κ2) is 9.67. The third-order valence-electron chi connectivity index (χ3n) is 4.51. The van der Waals surface area contributed by atoms with E-state index in [1.807, 2.05) is 0 Å². The van der Waals surface area contributed by atoms with E-state index < -0.39 is 42.3 Å². The van der Waals surface area contributed by atoms with Gasteiger partial charge in [-0.2, -0.15) is 0 Å². The molecule has 1 amide bonds. The highest BCUT2D eigenvalue weighted by Crippen LogP contribution is 2.33. The van der Waals surface area contributed by atoms with Gasteiger partial charge in [0.1, 0.15) is 31.2 Å². The SMILES string of the molecule is CCCCCCCC(=O)OC[C@H]1O[C@@H](n2cnc(C(N)=O)c2O)[C@H](O)C1O. The first-order valence-electron chi connectivity index (χ1n) is 9.09. The Morgan fingerprint density at radius 3 is 2.59 bits per heavy atom. The number of nitrogens with zero attached hydrogens (tertiary/aromatic N) is 2. The van der Waals surface area contributed by atoms with Crippen LogP contribution >= 0.6 is 0 Å². The molecule has 0 saturated carbocycles. The Bertz CT molecular complexity index is 648. The number of aliphatic hydroxyl groups is 2. The summed E-state index contributed by atoms with van der Waals surface area (Å²) in [5.41, 5.74) is 4.70. The van der Waals surface area contributed by atoms with Gasteiger partial charge < -0.3 is 30.5 Å². The van der Waals surface area contributed by atoms with Crippen LogP contribution in [0.3, 0.4) is 0 Å². The summed E-state index contributed by atoms with van der Waals surface area (Å²) in [6.07, 6.45) is 1.44. The van der Waals surface area contributed by atoms with Gasteiger partial charge in [0, 0.05) is 6.42 Å². The topological polar surface area (TPSA) is 157 Å². The lowest BCUT2D eigenvalue weighted by atomic mass is 10.1. The zero-order valence-corrected chi connectivity index (χ0v) is 15.3. The predicted octanol–water partition coefficient (Wildman–Crippen LogP) is 0.210. The van der Waals surface area contributed by atoms with Crippen molar-refractivity contribution in [2.45, 2.75) is 70.0 Å². The Kier molecular flexibility index (Phi) is 7.57. The summed E-state index contributed by atoms with van der Waals surface area (Å²) in [5, 5.41) is 30.2. The van der Waals surface area contributed by atoms with Gasteiger partial charge in [0.2, 0.25) is 5.88 Å². The van der Waals surface area contributed by atoms with Crippen molar-refractivity contribution in [3.63, 3.8) is 0 Å². The van der Waals surface area contributed by atoms with Gasteiger partial charge in [0.15, 0.2) is 11.9 Å². The van der Waals surface area contributed by atoms with Crippen LogP contribution in [0, 0.1) is 0 Å². The van der Waals surface area contributed by atoms with E-state index in [2.05, 4.69) is 11.9 Å². The summed E-state index contributed by atoms with van der Waals surface area (Å²) in [5.74, 6) is -1.92. The summed E-state index contributed by atoms with van der Waals surface area (Å²) in [7, 11) is 0. The van der Waals surface area contributed by atoms with Gasteiger partial charge in [-0.1, -0.05) is 32.6 Å². The molecule has 2 heterocycles. The van der Waals surface area contributed by atoms with E-state index >= 15 is 0 Å². The highest BCUT2D eigenvalue weighted by atomic mass is 16.6. The third-order valence-corrected chi connectivity index (χ3v) is 4.51. The molecule has 1 aliphatic rings. The van der Waals surface area contributed by atoms with E-state index in [0.717, 1.165) is 43.0 Å². The molecule has 4 atom stereocenters. The van der Waals surface area contributed by atoms with Crippen LogP contribution in [0.5, 0.6) is 5.88 Å². The number of carbonyl (C=O) groups is 2. The number of amides is 1. The number of aliphatic hydroxyl groups excluding tert-OH is 2. The molecule has 1 aromatic rings. The maximum Gasteiger partial charge on any atom is 0.305 e. The molecule has 2 rings (SSSR count). The standard InChI is InChI=1S/C17H27N3O7/c1-2-3-4-5-6-7-11(21)26-8-10-13(22)14(23)17(27-10)20-9-19-12(15(18)24)16(20)25/h9-10,13-14,17,22-23,25H,2-8H2,1H3,(H2,18,24)/t10-,13?,14-,17-/m1/s1. The molecular weight excluding hydrogens is 358 g/mol. The molecule has 152 valence electrons. The van der Waals surface area contributed by atoms with E-state index in [1.165, 1.54) is 0 Å². The molecule has 10 nitrogen and oxygen atoms in total. The Labute approximate surface area is 156 Å². The molecule has 0 spiro atoms. The number of hydrogen-bond acceptors (Lipinski definition) is 8. The van der Waals surface area contributed by atoms with Gasteiger partial charge in [0.25, 0.3) is 5.91 Å². The Balaban J connectivity index is 1.86. The fourth-order valence-corrected chi connectivity index (χ4v) is 2.93. The number of nitrogens with two attached hydrogens (primary N) is 1. The van der Waals surface area contributed by atoms with Crippen LogP contribution < -0.4 is 5.73 Å². The average molecular weight is 385 g/mol. The molecular formula is C17H27N3O7. The van der Waals surface area contributed by atoms with E-state index in [1.54, 1.807) is 0 Å². The number of hydrogen-bond donors (Lipinski definition) is 4. The first kappa shape index (κ1) is 21.1. The molecule has 0 bridgehead atoms. The third kappa shape index (κ3) is 5.18. The molecule has 0 aliphatic carbocycles. The molecule has 5 N–H and O–H groups in total. The lowest BCUT2D eigenvalue weighted by Gasteiger charge is -2.16. The highest BCUT2D eigenvalue weighted by molar-refractivity contribution is 5.93. The number of primary amides is 1. The number of rotatable bonds is 10. The first-order chi connectivity index (χ1) is 12.9. The largest absolute Gasteiger partial charge is 0.493 e. The van der Waals surface area contributed by atoms with E-state index in [9.17, 15) is 24.9 Å². The van der Waals surface area contributed by atoms with Gasteiger partial charge in [-0.3, -0.25) is 14.2 Å². The minimum Gasteiger partial charge on any atom is -0.493 e. The van der Waals surface area contributed by atoms with Crippen molar-refractivity contribution in [1.29, 1.82) is 0 Å². The van der Waals surface area contributed by atoms with Gasteiger partial charge in [-0.05, 0) is 6.42 Å². The summed E-state index contributed by atoms with van der Waals surface area (Å²) in [6, 6.07) is 0. The number of aromatic nitrogens is 2. The van der Waals surface area contributed by atoms with E-state index in [4.69, 9.17) is 15.2 Å². The minimum absolute atomic E-state index is 0.235. The smallest absolute Gasteiger partial charge is 0.305 e. The van der Waals surface area contributed by atoms with Crippen molar-refractivity contribution >= 4 is 11.9 Å². The fraction of sp³-hybridized carbons (Fsp3) is 0.706. The maximum absolute atomic E-state index is 11.8. The van der Waals surface area contributed by atoms with E-state index in [-0.39, 0.29) is 18.7 Å². The molecule has 1 aromatic heterocycles. The summed E-state index contributed by atoms with van der Waals surface area (Å²) in [4.78, 5) is 26.6. The molecule has 0 aromatic carbocycles. The van der Waals surface area contributed by atoms with Crippen molar-refractivity contribution < 1.29 is 34.4 Å². The minimum atomic E-state index is -1.41. The number of esters is 1. The molecule has 1 aliphatic heterocycles. The van der Waals surface area contributed by atoms with Crippen molar-refractivity contribution in [2.75, 3.05) is 6.61 Å². The number of aromatic hydroxyl groups is 1. The number of carbonyl (C=O) groups excluding carboxylic acids is 2. The van der Waals surface area contributed by atoms with Crippen LogP contribution in [-0.4, -0.2) is 61.7 Å². The van der Waals surface area contributed by atoms with Gasteiger partial charge in [-0.25, -0.2) is 4.98 Å². The first-order valence-corrected chi connectivity index (χ1v) is 9.09. The number of imidazole rings is 1. The van der Waals surface area contributed by atoms with Crippen LogP contribution in [0.25, 0.3) is 0 Å². The Hall–Kier alpha value is -2.17. The van der Waals surface area contributed by atoms with Crippen LogP contribution in [0.4, 0.5) is 0 Å². The molecule has 1 saturated heterocycles. The van der Waals surface area contributed by atoms with Crippen molar-refractivity contribution in [3.8, 4) is 5.88 Å². The lowest BCUT2D eigenvalue weighted by Crippen LogP contribution is -2.34. The van der Waals surface area contributed by atoms with Crippen LogP contribution in [0.2, 0.25) is 0 Å². The Morgan fingerprint density at radius 1 is 1.26 bits per heavy atom. The van der Waals surface area contributed by atoms with Gasteiger partial charge in [-0.15, -0.1) is 0 Å².